The van der Waals surface area contributed by atoms with Crippen LogP contribution in [0.15, 0.2) is 30.3 Å². The van der Waals surface area contributed by atoms with E-state index in [0.717, 1.165) is 18.2 Å². The lowest BCUT2D eigenvalue weighted by Crippen LogP contribution is -2.16. The van der Waals surface area contributed by atoms with E-state index in [1.165, 1.54) is 6.07 Å². The first-order chi connectivity index (χ1) is 11.6. The number of halogens is 6. The van der Waals surface area contributed by atoms with Crippen molar-refractivity contribution in [2.24, 2.45) is 0 Å². The molecule has 0 atom stereocenters. The van der Waals surface area contributed by atoms with Gasteiger partial charge >= 0.3 is 6.18 Å². The van der Waals surface area contributed by atoms with Gasteiger partial charge in [0.05, 0.1) is 17.2 Å². The predicted octanol–water partition coefficient (Wildman–Crippen LogP) is 5.24. The van der Waals surface area contributed by atoms with Crippen LogP contribution in [0, 0.1) is 17.1 Å². The quantitative estimate of drug-likeness (QED) is 0.689. The molecule has 0 spiro atoms. The Morgan fingerprint density at radius 2 is 1.72 bits per heavy atom. The van der Waals surface area contributed by atoms with Crippen LogP contribution in [-0.2, 0) is 19.0 Å². The van der Waals surface area contributed by atoms with Crippen molar-refractivity contribution in [1.82, 2.24) is 0 Å². The van der Waals surface area contributed by atoms with Gasteiger partial charge in [0.25, 0.3) is 5.92 Å². The van der Waals surface area contributed by atoms with Gasteiger partial charge in [0.2, 0.25) is 0 Å². The summed E-state index contributed by atoms with van der Waals surface area (Å²) in [6, 6.07) is 6.32. The van der Waals surface area contributed by atoms with Gasteiger partial charge in [-0.05, 0) is 29.8 Å². The molecule has 1 aliphatic carbocycles. The van der Waals surface area contributed by atoms with Crippen LogP contribution in [0.5, 0.6) is 11.5 Å². The largest absolute Gasteiger partial charge is 0.457 e. The van der Waals surface area contributed by atoms with Gasteiger partial charge in [-0.15, -0.1) is 0 Å². The number of nitrogens with zero attached hydrogens (tertiary/aromatic N) is 1. The molecule has 8 heteroatoms. The number of rotatable bonds is 2. The first kappa shape index (κ1) is 17.1. The number of fused-ring (bicyclic) bond motifs is 1. The average molecular weight is 357 g/mol. The summed E-state index contributed by atoms with van der Waals surface area (Å²) in [6.07, 6.45) is -6.71. The molecule has 0 aromatic heterocycles. The number of nitriles is 1. The Morgan fingerprint density at radius 1 is 1.04 bits per heavy atom. The molecule has 0 N–H and O–H groups in total. The third-order valence-electron chi connectivity index (χ3n) is 3.79. The lowest BCUT2D eigenvalue weighted by Gasteiger charge is -2.15. The molecule has 0 amide bonds. The molecular formula is C17H9F6NO. The van der Waals surface area contributed by atoms with E-state index in [1.807, 2.05) is 0 Å². The minimum absolute atomic E-state index is 0.0658. The van der Waals surface area contributed by atoms with E-state index < -0.39 is 41.9 Å². The smallest absolute Gasteiger partial charge is 0.416 e. The summed E-state index contributed by atoms with van der Waals surface area (Å²) >= 11 is 0. The van der Waals surface area contributed by atoms with Crippen molar-refractivity contribution in [3.63, 3.8) is 0 Å². The lowest BCUT2D eigenvalue weighted by molar-refractivity contribution is -0.138. The van der Waals surface area contributed by atoms with E-state index in [-0.39, 0.29) is 22.6 Å². The molecule has 2 aromatic carbocycles. The summed E-state index contributed by atoms with van der Waals surface area (Å²) in [5, 5.41) is 8.81. The van der Waals surface area contributed by atoms with Crippen molar-refractivity contribution in [2.75, 3.05) is 0 Å². The highest BCUT2D eigenvalue weighted by atomic mass is 19.4. The number of ether oxygens (including phenoxy) is 1. The SMILES string of the molecule is N#Cc1cc(F)cc(Oc2ccc(C(F)(F)F)c3c2CC(F)(F)C3)c1. The second-order valence-corrected chi connectivity index (χ2v) is 5.67. The van der Waals surface area contributed by atoms with Gasteiger partial charge in [-0.2, -0.15) is 18.4 Å². The summed E-state index contributed by atoms with van der Waals surface area (Å²) in [7, 11) is 0. The van der Waals surface area contributed by atoms with Crippen LogP contribution in [0.3, 0.4) is 0 Å². The Balaban J connectivity index is 2.06. The molecule has 1 aliphatic rings. The maximum Gasteiger partial charge on any atom is 0.416 e. The van der Waals surface area contributed by atoms with Gasteiger partial charge in [-0.3, -0.25) is 0 Å². The second kappa shape index (κ2) is 5.69. The predicted molar refractivity (Wildman–Crippen MR) is 75.0 cm³/mol. The van der Waals surface area contributed by atoms with E-state index in [1.54, 1.807) is 6.07 Å². The molecular weight excluding hydrogens is 348 g/mol. The molecule has 130 valence electrons. The first-order valence-electron chi connectivity index (χ1n) is 7.07. The van der Waals surface area contributed by atoms with Crippen molar-refractivity contribution >= 4 is 0 Å². The fourth-order valence-electron chi connectivity index (χ4n) is 2.82. The number of alkyl halides is 5. The summed E-state index contributed by atoms with van der Waals surface area (Å²) in [5.41, 5.74) is -1.98. The maximum atomic E-state index is 13.7. The summed E-state index contributed by atoms with van der Waals surface area (Å²) < 4.78 is 85.2. The van der Waals surface area contributed by atoms with Gasteiger partial charge in [0.15, 0.2) is 0 Å². The van der Waals surface area contributed by atoms with Gasteiger partial charge in [0.1, 0.15) is 17.3 Å². The van der Waals surface area contributed by atoms with Gasteiger partial charge in [-0.25, -0.2) is 13.2 Å². The summed E-state index contributed by atoms with van der Waals surface area (Å²) in [6.45, 7) is 0. The van der Waals surface area contributed by atoms with Gasteiger partial charge < -0.3 is 4.74 Å². The molecule has 0 bridgehead atoms. The van der Waals surface area contributed by atoms with Crippen LogP contribution < -0.4 is 4.74 Å². The molecule has 0 fully saturated rings. The van der Waals surface area contributed by atoms with Crippen molar-refractivity contribution in [3.05, 3.63) is 58.4 Å². The zero-order valence-corrected chi connectivity index (χ0v) is 12.4. The van der Waals surface area contributed by atoms with Crippen molar-refractivity contribution < 1.29 is 31.1 Å². The molecule has 0 radical (unpaired) electrons. The van der Waals surface area contributed by atoms with Crippen LogP contribution in [0.4, 0.5) is 26.3 Å². The molecule has 0 heterocycles. The fraction of sp³-hybridized carbons (Fsp3) is 0.235. The van der Waals surface area contributed by atoms with Crippen LogP contribution >= 0.6 is 0 Å². The Morgan fingerprint density at radius 3 is 2.36 bits per heavy atom. The van der Waals surface area contributed by atoms with E-state index in [0.29, 0.717) is 6.07 Å². The number of hydrogen-bond acceptors (Lipinski definition) is 2. The maximum absolute atomic E-state index is 13.7. The molecule has 2 aromatic rings. The third kappa shape index (κ3) is 3.40. The molecule has 2 nitrogen and oxygen atoms in total. The van der Waals surface area contributed by atoms with Gasteiger partial charge in [0, 0.05) is 24.5 Å². The minimum atomic E-state index is -4.77. The van der Waals surface area contributed by atoms with Crippen LogP contribution in [0.25, 0.3) is 0 Å². The van der Waals surface area contributed by atoms with Crippen molar-refractivity contribution in [3.8, 4) is 17.6 Å². The normalized spacial score (nSPS) is 15.6. The standard InChI is InChI=1S/C17H9F6NO/c18-10-3-9(8-24)4-11(5-10)25-15-2-1-14(17(21,22)23)12-6-16(19,20)7-13(12)15/h1-5H,6-7H2. The van der Waals surface area contributed by atoms with Crippen LogP contribution in [0.2, 0.25) is 0 Å². The molecule has 0 unspecified atom stereocenters. The van der Waals surface area contributed by atoms with E-state index in [2.05, 4.69) is 0 Å². The molecule has 0 aliphatic heterocycles. The fourth-order valence-corrected chi connectivity index (χ4v) is 2.82. The molecule has 3 rings (SSSR count). The van der Waals surface area contributed by atoms with E-state index >= 15 is 0 Å². The Labute approximate surface area is 138 Å². The number of benzene rings is 2. The zero-order chi connectivity index (χ0) is 18.4. The minimum Gasteiger partial charge on any atom is -0.457 e. The summed E-state index contributed by atoms with van der Waals surface area (Å²) in [4.78, 5) is 0. The van der Waals surface area contributed by atoms with Crippen LogP contribution in [0.1, 0.15) is 22.3 Å². The topological polar surface area (TPSA) is 33.0 Å². The summed E-state index contributed by atoms with van der Waals surface area (Å²) in [5.74, 6) is -4.48. The van der Waals surface area contributed by atoms with E-state index in [4.69, 9.17) is 10.00 Å². The monoisotopic (exact) mass is 357 g/mol. The third-order valence-corrected chi connectivity index (χ3v) is 3.79. The van der Waals surface area contributed by atoms with Gasteiger partial charge in [-0.1, -0.05) is 0 Å². The lowest BCUT2D eigenvalue weighted by atomic mass is 10.0. The molecule has 0 saturated carbocycles. The highest BCUT2D eigenvalue weighted by Crippen LogP contribution is 2.46. The second-order valence-electron chi connectivity index (χ2n) is 5.67. The number of hydrogen-bond donors (Lipinski definition) is 0. The first-order valence-corrected chi connectivity index (χ1v) is 7.07. The Bertz CT molecular complexity index is 882. The zero-order valence-electron chi connectivity index (χ0n) is 12.4. The highest BCUT2D eigenvalue weighted by molar-refractivity contribution is 5.52. The molecule has 0 saturated heterocycles. The highest BCUT2D eigenvalue weighted by Gasteiger charge is 2.45. The van der Waals surface area contributed by atoms with E-state index in [9.17, 15) is 26.3 Å². The van der Waals surface area contributed by atoms with Crippen LogP contribution in [-0.4, -0.2) is 5.92 Å². The van der Waals surface area contributed by atoms with Crippen molar-refractivity contribution in [2.45, 2.75) is 24.9 Å². The Kier molecular flexibility index (Phi) is 3.90. The Hall–Kier alpha value is -2.69. The average Bonchev–Trinajstić information content (AvgIpc) is 2.80. The molecule has 25 heavy (non-hydrogen) atoms. The van der Waals surface area contributed by atoms with Crippen molar-refractivity contribution in [1.29, 1.82) is 5.26 Å².